The lowest BCUT2D eigenvalue weighted by Crippen LogP contribution is -2.55. The first kappa shape index (κ1) is 32.6. The highest BCUT2D eigenvalue weighted by Crippen LogP contribution is 2.34. The molecule has 10 nitrogen and oxygen atoms in total. The van der Waals surface area contributed by atoms with E-state index in [1.165, 1.54) is 35.2 Å². The Morgan fingerprint density at radius 2 is 1.61 bits per heavy atom. The van der Waals surface area contributed by atoms with Crippen molar-refractivity contribution in [3.05, 3.63) is 78.1 Å². The van der Waals surface area contributed by atoms with Crippen LogP contribution in [0.1, 0.15) is 39.7 Å². The van der Waals surface area contributed by atoms with Crippen LogP contribution >= 0.6 is 0 Å². The van der Waals surface area contributed by atoms with Gasteiger partial charge < -0.3 is 24.4 Å². The maximum atomic E-state index is 14.2. The molecule has 0 saturated heterocycles. The normalized spacial score (nSPS) is 13.5. The van der Waals surface area contributed by atoms with Crippen molar-refractivity contribution < 1.29 is 36.6 Å². The molecule has 0 fully saturated rings. The zero-order valence-electron chi connectivity index (χ0n) is 25.5. The number of carbonyl (C=O) groups excluding carboxylic acids is 2. The molecule has 0 bridgehead atoms. The Morgan fingerprint density at radius 1 is 0.977 bits per heavy atom. The number of nitrogens with one attached hydrogen (secondary N) is 1. The first-order valence-electron chi connectivity index (χ1n) is 14.2. The van der Waals surface area contributed by atoms with Gasteiger partial charge in [-0.05, 0) is 81.3 Å². The molecule has 2 amide bonds. The summed E-state index contributed by atoms with van der Waals surface area (Å²) in [6.07, 6.45) is 0.273. The lowest BCUT2D eigenvalue weighted by atomic mass is 10.1. The summed E-state index contributed by atoms with van der Waals surface area (Å²) in [5.74, 6) is -0.276. The molecule has 0 aliphatic carbocycles. The van der Waals surface area contributed by atoms with Crippen LogP contribution in [0.2, 0.25) is 0 Å². The lowest BCUT2D eigenvalue weighted by molar-refractivity contribution is -0.141. The average Bonchev–Trinajstić information content (AvgIpc) is 2.99. The van der Waals surface area contributed by atoms with Crippen LogP contribution in [-0.4, -0.2) is 63.6 Å². The van der Waals surface area contributed by atoms with Crippen molar-refractivity contribution in [2.75, 3.05) is 31.2 Å². The number of nitrogens with zero attached hydrogens (tertiary/aromatic N) is 2. The van der Waals surface area contributed by atoms with E-state index in [9.17, 15) is 22.4 Å². The van der Waals surface area contributed by atoms with Crippen LogP contribution in [0.5, 0.6) is 17.2 Å². The van der Waals surface area contributed by atoms with E-state index < -0.39 is 39.9 Å². The van der Waals surface area contributed by atoms with Crippen LogP contribution in [0.3, 0.4) is 0 Å². The van der Waals surface area contributed by atoms with Gasteiger partial charge in [-0.2, -0.15) is 0 Å². The zero-order chi connectivity index (χ0) is 32.1. The van der Waals surface area contributed by atoms with Crippen molar-refractivity contribution in [2.45, 2.75) is 57.1 Å². The summed E-state index contributed by atoms with van der Waals surface area (Å²) in [5.41, 5.74) is 0.219. The second-order valence-corrected chi connectivity index (χ2v) is 13.2. The number of benzene rings is 3. The smallest absolute Gasteiger partial charge is 0.264 e. The molecule has 236 valence electrons. The highest BCUT2D eigenvalue weighted by atomic mass is 32.2. The predicted molar refractivity (Wildman–Crippen MR) is 164 cm³/mol. The summed E-state index contributed by atoms with van der Waals surface area (Å²) in [7, 11) is -2.84. The minimum absolute atomic E-state index is 0.0280. The van der Waals surface area contributed by atoms with Crippen molar-refractivity contribution in [1.82, 2.24) is 10.2 Å². The van der Waals surface area contributed by atoms with Crippen molar-refractivity contribution in [3.8, 4) is 17.2 Å². The SMILES string of the molecule is CC[C@H](C(=O)NC(C)(C)C)N(Cc1ccc(OC)cc1)C(=O)CN(c1ccc(F)cc1)S(=O)(=O)c1ccc2c(c1)OCCO2. The summed E-state index contributed by atoms with van der Waals surface area (Å²) >= 11 is 0. The lowest BCUT2D eigenvalue weighted by Gasteiger charge is -2.35. The predicted octanol–water partition coefficient (Wildman–Crippen LogP) is 4.52. The van der Waals surface area contributed by atoms with Crippen LogP contribution in [0.15, 0.2) is 71.6 Å². The minimum atomic E-state index is -4.38. The number of fused-ring (bicyclic) bond motifs is 1. The van der Waals surface area contributed by atoms with Gasteiger partial charge in [0.25, 0.3) is 10.0 Å². The highest BCUT2D eigenvalue weighted by molar-refractivity contribution is 7.92. The van der Waals surface area contributed by atoms with Crippen LogP contribution in [0.25, 0.3) is 0 Å². The topological polar surface area (TPSA) is 114 Å². The van der Waals surface area contributed by atoms with E-state index >= 15 is 0 Å². The molecular weight excluding hydrogens is 589 g/mol. The molecule has 0 unspecified atom stereocenters. The van der Waals surface area contributed by atoms with Crippen LogP contribution < -0.4 is 23.8 Å². The van der Waals surface area contributed by atoms with Gasteiger partial charge in [0.1, 0.15) is 37.4 Å². The third-order valence-electron chi connectivity index (χ3n) is 6.89. The van der Waals surface area contributed by atoms with E-state index in [2.05, 4.69) is 5.32 Å². The number of amides is 2. The molecular formula is C32H38FN3O7S. The van der Waals surface area contributed by atoms with Gasteiger partial charge in [-0.3, -0.25) is 13.9 Å². The van der Waals surface area contributed by atoms with Gasteiger partial charge in [-0.1, -0.05) is 19.1 Å². The maximum absolute atomic E-state index is 14.2. The molecule has 1 N–H and O–H groups in total. The molecule has 0 radical (unpaired) electrons. The van der Waals surface area contributed by atoms with E-state index in [4.69, 9.17) is 14.2 Å². The molecule has 12 heteroatoms. The molecule has 1 aliphatic rings. The Kier molecular flexibility index (Phi) is 10.0. The third kappa shape index (κ3) is 7.79. The Labute approximate surface area is 257 Å². The molecule has 1 atom stereocenters. The third-order valence-corrected chi connectivity index (χ3v) is 8.66. The summed E-state index contributed by atoms with van der Waals surface area (Å²) < 4.78 is 59.4. The van der Waals surface area contributed by atoms with E-state index in [1.54, 1.807) is 38.3 Å². The van der Waals surface area contributed by atoms with Gasteiger partial charge >= 0.3 is 0 Å². The Balaban J connectivity index is 1.74. The number of ether oxygens (including phenoxy) is 3. The molecule has 44 heavy (non-hydrogen) atoms. The monoisotopic (exact) mass is 627 g/mol. The number of hydrogen-bond acceptors (Lipinski definition) is 7. The molecule has 3 aromatic rings. The molecule has 0 saturated carbocycles. The van der Waals surface area contributed by atoms with Gasteiger partial charge in [-0.25, -0.2) is 12.8 Å². The number of rotatable bonds is 11. The molecule has 1 heterocycles. The summed E-state index contributed by atoms with van der Waals surface area (Å²) in [6, 6.07) is 15.1. The molecule has 0 spiro atoms. The van der Waals surface area contributed by atoms with E-state index in [1.807, 2.05) is 20.8 Å². The number of anilines is 1. The first-order chi connectivity index (χ1) is 20.8. The number of methoxy groups -OCH3 is 1. The Hall–Kier alpha value is -4.32. The Bertz CT molecular complexity index is 1570. The number of carbonyl (C=O) groups is 2. The van der Waals surface area contributed by atoms with Crippen LogP contribution in [0.4, 0.5) is 10.1 Å². The first-order valence-corrected chi connectivity index (χ1v) is 15.7. The van der Waals surface area contributed by atoms with Gasteiger partial charge in [-0.15, -0.1) is 0 Å². The second-order valence-electron chi connectivity index (χ2n) is 11.3. The number of hydrogen-bond donors (Lipinski definition) is 1. The summed E-state index contributed by atoms with van der Waals surface area (Å²) in [6.45, 7) is 7.26. The van der Waals surface area contributed by atoms with Gasteiger partial charge in [0.15, 0.2) is 11.5 Å². The van der Waals surface area contributed by atoms with E-state index in [0.717, 1.165) is 16.4 Å². The molecule has 4 rings (SSSR count). The second kappa shape index (κ2) is 13.5. The average molecular weight is 628 g/mol. The maximum Gasteiger partial charge on any atom is 0.264 e. The van der Waals surface area contributed by atoms with Crippen molar-refractivity contribution in [3.63, 3.8) is 0 Å². The fourth-order valence-electron chi connectivity index (χ4n) is 4.75. The fraction of sp³-hybridized carbons (Fsp3) is 0.375. The molecule has 1 aliphatic heterocycles. The molecule has 3 aromatic carbocycles. The molecule has 0 aromatic heterocycles. The number of halogens is 1. The summed E-state index contributed by atoms with van der Waals surface area (Å²) in [4.78, 5) is 28.9. The fourth-order valence-corrected chi connectivity index (χ4v) is 6.18. The minimum Gasteiger partial charge on any atom is -0.497 e. The van der Waals surface area contributed by atoms with E-state index in [0.29, 0.717) is 23.7 Å². The quantitative estimate of drug-likeness (QED) is 0.333. The van der Waals surface area contributed by atoms with Crippen molar-refractivity contribution in [2.24, 2.45) is 0 Å². The number of sulfonamides is 1. The van der Waals surface area contributed by atoms with Gasteiger partial charge in [0.2, 0.25) is 11.8 Å². The standard InChI is InChI=1S/C32H38FN3O7S/c1-6-27(31(38)34-32(2,3)4)35(20-22-7-13-25(41-5)14-8-22)30(37)21-36(24-11-9-23(33)10-12-24)44(39,40)26-15-16-28-29(19-26)43-18-17-42-28/h7-16,19,27H,6,17-18,20-21H2,1-5H3,(H,34,38)/t27-/m1/s1. The van der Waals surface area contributed by atoms with Crippen LogP contribution in [0, 0.1) is 5.82 Å². The van der Waals surface area contributed by atoms with Gasteiger partial charge in [0.05, 0.1) is 17.7 Å². The highest BCUT2D eigenvalue weighted by Gasteiger charge is 2.35. The summed E-state index contributed by atoms with van der Waals surface area (Å²) in [5, 5.41) is 2.93. The zero-order valence-corrected chi connectivity index (χ0v) is 26.3. The van der Waals surface area contributed by atoms with Crippen molar-refractivity contribution >= 4 is 27.5 Å². The van der Waals surface area contributed by atoms with Crippen molar-refractivity contribution in [1.29, 1.82) is 0 Å². The van der Waals surface area contributed by atoms with E-state index in [-0.39, 0.29) is 41.8 Å². The van der Waals surface area contributed by atoms with Crippen LogP contribution in [-0.2, 0) is 26.2 Å². The Morgan fingerprint density at radius 3 is 2.20 bits per heavy atom. The largest absolute Gasteiger partial charge is 0.497 e. The van der Waals surface area contributed by atoms with Gasteiger partial charge in [0, 0.05) is 18.2 Å².